The summed E-state index contributed by atoms with van der Waals surface area (Å²) in [6.07, 6.45) is 3.24. The van der Waals surface area contributed by atoms with Crippen LogP contribution in [0.5, 0.6) is 5.75 Å². The number of imide groups is 2. The summed E-state index contributed by atoms with van der Waals surface area (Å²) in [5, 5.41) is 2.16. The van der Waals surface area contributed by atoms with Crippen LogP contribution in [0.25, 0.3) is 6.08 Å². The number of aromatic nitrogens is 1. The lowest BCUT2D eigenvalue weighted by atomic mass is 10.0. The molecule has 0 saturated carbocycles. The normalized spacial score (nSPS) is 15.2. The Morgan fingerprint density at radius 3 is 2.38 bits per heavy atom. The van der Waals surface area contributed by atoms with Crippen molar-refractivity contribution < 1.29 is 23.5 Å². The van der Waals surface area contributed by atoms with Gasteiger partial charge in [0.05, 0.1) is 12.2 Å². The fourth-order valence-electron chi connectivity index (χ4n) is 3.60. The van der Waals surface area contributed by atoms with Crippen LogP contribution in [0.2, 0.25) is 0 Å². The van der Waals surface area contributed by atoms with E-state index in [1.807, 2.05) is 35.0 Å². The van der Waals surface area contributed by atoms with E-state index in [1.165, 1.54) is 23.8 Å². The average Bonchev–Trinajstić information content (AvgIpc) is 3.25. The van der Waals surface area contributed by atoms with Gasteiger partial charge in [0.2, 0.25) is 0 Å². The Labute approximate surface area is 196 Å². The van der Waals surface area contributed by atoms with Crippen LogP contribution in [0, 0.1) is 5.82 Å². The van der Waals surface area contributed by atoms with Gasteiger partial charge in [-0.15, -0.1) is 0 Å². The molecule has 8 heteroatoms. The number of barbiturate groups is 1. The predicted octanol–water partition coefficient (Wildman–Crippen LogP) is 4.50. The van der Waals surface area contributed by atoms with Gasteiger partial charge in [-0.1, -0.05) is 26.0 Å². The molecule has 4 amide bonds. The molecule has 0 radical (unpaired) electrons. The Morgan fingerprint density at radius 2 is 1.71 bits per heavy atom. The molecule has 1 N–H and O–H groups in total. The van der Waals surface area contributed by atoms with Crippen LogP contribution in [-0.2, 0) is 16.1 Å². The van der Waals surface area contributed by atoms with Crippen molar-refractivity contribution in [2.45, 2.75) is 26.3 Å². The van der Waals surface area contributed by atoms with Crippen LogP contribution in [0.4, 0.5) is 14.9 Å². The third-order valence-corrected chi connectivity index (χ3v) is 5.49. The molecule has 1 aromatic heterocycles. The Hall–Kier alpha value is -4.20. The van der Waals surface area contributed by atoms with Gasteiger partial charge in [-0.05, 0) is 66.1 Å². The minimum Gasteiger partial charge on any atom is -0.492 e. The fourth-order valence-corrected chi connectivity index (χ4v) is 3.60. The number of nitrogens with one attached hydrogen (secondary N) is 1. The van der Waals surface area contributed by atoms with Gasteiger partial charge >= 0.3 is 6.03 Å². The van der Waals surface area contributed by atoms with Gasteiger partial charge in [-0.25, -0.2) is 14.1 Å². The molecule has 0 spiro atoms. The van der Waals surface area contributed by atoms with Crippen LogP contribution in [-0.4, -0.2) is 29.0 Å². The monoisotopic (exact) mass is 461 g/mol. The molecule has 7 nitrogen and oxygen atoms in total. The maximum Gasteiger partial charge on any atom is 0.335 e. The zero-order valence-electron chi connectivity index (χ0n) is 18.8. The van der Waals surface area contributed by atoms with Crippen molar-refractivity contribution in [3.8, 4) is 5.75 Å². The number of halogens is 1. The highest BCUT2D eigenvalue weighted by atomic mass is 19.1. The molecule has 1 aliphatic rings. The first kappa shape index (κ1) is 23.0. The maximum absolute atomic E-state index is 13.3. The summed E-state index contributed by atoms with van der Waals surface area (Å²) in [5.41, 5.74) is 1.80. The highest BCUT2D eigenvalue weighted by Crippen LogP contribution is 2.23. The lowest BCUT2D eigenvalue weighted by Gasteiger charge is -2.26. The zero-order valence-corrected chi connectivity index (χ0v) is 18.8. The molecule has 2 heterocycles. The predicted molar refractivity (Wildman–Crippen MR) is 126 cm³/mol. The van der Waals surface area contributed by atoms with E-state index in [-0.39, 0.29) is 11.3 Å². The molecular weight excluding hydrogens is 437 g/mol. The molecule has 4 rings (SSSR count). The molecular formula is C26H24FN3O4. The second-order valence-corrected chi connectivity index (χ2v) is 8.13. The second-order valence-electron chi connectivity index (χ2n) is 8.13. The fraction of sp³-hybridized carbons (Fsp3) is 0.192. The number of carbonyl (C=O) groups is 3. The van der Waals surface area contributed by atoms with Crippen LogP contribution >= 0.6 is 0 Å². The minimum absolute atomic E-state index is 0.162. The topological polar surface area (TPSA) is 80.6 Å². The smallest absolute Gasteiger partial charge is 0.335 e. The SMILES string of the molecule is CC(C)c1ccc(OCCn2cccc2/C=C2/C(=O)NC(=O)N(c3ccc(F)cc3)C2=O)cc1. The van der Waals surface area contributed by atoms with Crippen molar-refractivity contribution in [3.05, 3.63) is 89.5 Å². The van der Waals surface area contributed by atoms with Crippen LogP contribution < -0.4 is 15.0 Å². The first-order chi connectivity index (χ1) is 16.3. The van der Waals surface area contributed by atoms with E-state index in [9.17, 15) is 18.8 Å². The molecule has 0 bridgehead atoms. The van der Waals surface area contributed by atoms with E-state index >= 15 is 0 Å². The Kier molecular flexibility index (Phi) is 6.58. The Balaban J connectivity index is 1.48. The summed E-state index contributed by atoms with van der Waals surface area (Å²) >= 11 is 0. The summed E-state index contributed by atoms with van der Waals surface area (Å²) in [6.45, 7) is 5.12. The number of ether oxygens (including phenoxy) is 1. The highest BCUT2D eigenvalue weighted by molar-refractivity contribution is 6.39. The van der Waals surface area contributed by atoms with E-state index in [1.54, 1.807) is 12.1 Å². The van der Waals surface area contributed by atoms with Gasteiger partial charge in [0.1, 0.15) is 23.7 Å². The number of rotatable bonds is 7. The van der Waals surface area contributed by atoms with E-state index < -0.39 is 23.7 Å². The van der Waals surface area contributed by atoms with Crippen LogP contribution in [0.1, 0.15) is 31.0 Å². The number of carbonyl (C=O) groups excluding carboxylic acids is 3. The molecule has 1 fully saturated rings. The number of amides is 4. The standard InChI is InChI=1S/C26H24FN3O4/c1-17(2)18-5-11-22(12-6-18)34-15-14-29-13-3-4-21(29)16-23-24(31)28-26(33)30(25(23)32)20-9-7-19(27)8-10-20/h3-13,16-17H,14-15H2,1-2H3,(H,28,31,33)/b23-16-. The van der Waals surface area contributed by atoms with Gasteiger partial charge < -0.3 is 9.30 Å². The molecule has 0 unspecified atom stereocenters. The van der Waals surface area contributed by atoms with Gasteiger partial charge in [0.25, 0.3) is 11.8 Å². The van der Waals surface area contributed by atoms with Crippen molar-refractivity contribution >= 4 is 29.6 Å². The van der Waals surface area contributed by atoms with Crippen molar-refractivity contribution in [2.75, 3.05) is 11.5 Å². The van der Waals surface area contributed by atoms with Crippen LogP contribution in [0.3, 0.4) is 0 Å². The average molecular weight is 461 g/mol. The van der Waals surface area contributed by atoms with Gasteiger partial charge in [0.15, 0.2) is 0 Å². The summed E-state index contributed by atoms with van der Waals surface area (Å²) < 4.78 is 20.9. The lowest BCUT2D eigenvalue weighted by Crippen LogP contribution is -2.54. The first-order valence-electron chi connectivity index (χ1n) is 10.9. The van der Waals surface area contributed by atoms with Gasteiger partial charge in [-0.3, -0.25) is 14.9 Å². The van der Waals surface area contributed by atoms with Crippen molar-refractivity contribution in [3.63, 3.8) is 0 Å². The molecule has 174 valence electrons. The van der Waals surface area contributed by atoms with Crippen molar-refractivity contribution in [1.82, 2.24) is 9.88 Å². The first-order valence-corrected chi connectivity index (χ1v) is 10.9. The second kappa shape index (κ2) is 9.74. The summed E-state index contributed by atoms with van der Waals surface area (Å²) in [5.74, 6) is -0.876. The number of hydrogen-bond acceptors (Lipinski definition) is 4. The zero-order chi connectivity index (χ0) is 24.2. The number of nitrogens with zero attached hydrogens (tertiary/aromatic N) is 2. The molecule has 0 aliphatic carbocycles. The van der Waals surface area contributed by atoms with Crippen LogP contribution in [0.15, 0.2) is 72.4 Å². The lowest BCUT2D eigenvalue weighted by molar-refractivity contribution is -0.122. The third kappa shape index (κ3) is 4.91. The molecule has 34 heavy (non-hydrogen) atoms. The Bertz CT molecular complexity index is 1240. The summed E-state index contributed by atoms with van der Waals surface area (Å²) in [7, 11) is 0. The van der Waals surface area contributed by atoms with Crippen molar-refractivity contribution in [1.29, 1.82) is 0 Å². The summed E-state index contributed by atoms with van der Waals surface area (Å²) in [6, 6.07) is 15.5. The van der Waals surface area contributed by atoms with Gasteiger partial charge in [-0.2, -0.15) is 0 Å². The molecule has 1 aliphatic heterocycles. The largest absolute Gasteiger partial charge is 0.492 e. The van der Waals surface area contributed by atoms with Crippen molar-refractivity contribution in [2.24, 2.45) is 0 Å². The molecule has 3 aromatic rings. The maximum atomic E-state index is 13.3. The molecule has 0 atom stereocenters. The number of urea groups is 1. The number of benzene rings is 2. The van der Waals surface area contributed by atoms with E-state index in [4.69, 9.17) is 4.74 Å². The van der Waals surface area contributed by atoms with Gasteiger partial charge in [0, 0.05) is 11.9 Å². The van der Waals surface area contributed by atoms with E-state index in [0.717, 1.165) is 22.8 Å². The highest BCUT2D eigenvalue weighted by Gasteiger charge is 2.37. The van der Waals surface area contributed by atoms with E-state index in [0.29, 0.717) is 24.8 Å². The Morgan fingerprint density at radius 1 is 1.00 bits per heavy atom. The number of hydrogen-bond donors (Lipinski definition) is 1. The third-order valence-electron chi connectivity index (χ3n) is 5.49. The molecule has 2 aromatic carbocycles. The minimum atomic E-state index is -0.883. The molecule has 1 saturated heterocycles. The number of anilines is 1. The summed E-state index contributed by atoms with van der Waals surface area (Å²) in [4.78, 5) is 38.5. The quantitative estimate of drug-likeness (QED) is 0.415. The van der Waals surface area contributed by atoms with E-state index in [2.05, 4.69) is 19.2 Å².